The summed E-state index contributed by atoms with van der Waals surface area (Å²) in [5.41, 5.74) is 1.30. The summed E-state index contributed by atoms with van der Waals surface area (Å²) in [7, 11) is 0. The highest BCUT2D eigenvalue weighted by Gasteiger charge is 2.10. The summed E-state index contributed by atoms with van der Waals surface area (Å²) in [5.74, 6) is 0.993. The van der Waals surface area contributed by atoms with E-state index in [1.807, 2.05) is 18.2 Å². The van der Waals surface area contributed by atoms with E-state index in [0.717, 1.165) is 12.4 Å². The van der Waals surface area contributed by atoms with Gasteiger partial charge in [-0.2, -0.15) is 0 Å². The van der Waals surface area contributed by atoms with E-state index in [4.69, 9.17) is 4.74 Å². The lowest BCUT2D eigenvalue weighted by Crippen LogP contribution is -2.07. The molecule has 0 aliphatic carbocycles. The Morgan fingerprint density at radius 3 is 3.00 bits per heavy atom. The maximum atomic E-state index is 5.04. The van der Waals surface area contributed by atoms with Gasteiger partial charge in [0, 0.05) is 5.56 Å². The molecule has 0 unspecified atom stereocenters. The fraction of sp³-hybridized carbons (Fsp3) is 0.143. The van der Waals surface area contributed by atoms with E-state index in [-0.39, 0.29) is 0 Å². The van der Waals surface area contributed by atoms with Crippen LogP contribution in [0.5, 0.6) is 5.75 Å². The van der Waals surface area contributed by atoms with Crippen LogP contribution in [0.2, 0.25) is 0 Å². The van der Waals surface area contributed by atoms with Gasteiger partial charge >= 0.3 is 0 Å². The highest BCUT2D eigenvalue weighted by Crippen LogP contribution is 2.26. The number of benzene rings is 1. The molecule has 1 nitrogen and oxygen atoms in total. The monoisotopic (exact) mass is 105 g/mol. The maximum absolute atomic E-state index is 5.04. The fourth-order valence-electron chi connectivity index (χ4n) is 0.776. The van der Waals surface area contributed by atoms with Crippen molar-refractivity contribution in [1.82, 2.24) is 0 Å². The quantitative estimate of drug-likeness (QED) is 0.484. The van der Waals surface area contributed by atoms with Crippen molar-refractivity contribution in [3.63, 3.8) is 0 Å². The Hall–Kier alpha value is -0.980. The summed E-state index contributed by atoms with van der Waals surface area (Å²) in [6, 6.07) is 8.72. The van der Waals surface area contributed by atoms with E-state index >= 15 is 0 Å². The van der Waals surface area contributed by atoms with Gasteiger partial charge in [-0.1, -0.05) is 12.1 Å². The van der Waals surface area contributed by atoms with Crippen LogP contribution in [0.25, 0.3) is 0 Å². The highest BCUT2D eigenvalue weighted by atomic mass is 16.5. The SMILES string of the molecule is [c]1ccc2c(c1)OC2. The van der Waals surface area contributed by atoms with E-state index in [0.29, 0.717) is 0 Å². The predicted molar refractivity (Wildman–Crippen MR) is 29.6 cm³/mol. The highest BCUT2D eigenvalue weighted by molar-refractivity contribution is 5.37. The van der Waals surface area contributed by atoms with Crippen molar-refractivity contribution in [3.8, 4) is 5.75 Å². The molecule has 0 spiro atoms. The summed E-state index contributed by atoms with van der Waals surface area (Å²) in [6.07, 6.45) is 0. The van der Waals surface area contributed by atoms with Gasteiger partial charge in [0.2, 0.25) is 0 Å². The van der Waals surface area contributed by atoms with Crippen LogP contribution in [-0.4, -0.2) is 0 Å². The first-order valence-corrected chi connectivity index (χ1v) is 2.58. The van der Waals surface area contributed by atoms with Gasteiger partial charge in [-0.05, 0) is 12.1 Å². The Balaban J connectivity index is 2.62. The first-order valence-electron chi connectivity index (χ1n) is 2.58. The molecule has 0 atom stereocenters. The van der Waals surface area contributed by atoms with Gasteiger partial charge in [-0.3, -0.25) is 0 Å². The Bertz CT molecular complexity index is 182. The number of hydrogen-bond acceptors (Lipinski definition) is 1. The first-order chi connectivity index (χ1) is 3.97. The second-order valence-corrected chi connectivity index (χ2v) is 1.82. The van der Waals surface area contributed by atoms with Crippen LogP contribution in [0, 0.1) is 6.07 Å². The van der Waals surface area contributed by atoms with Gasteiger partial charge in [0.1, 0.15) is 12.4 Å². The third-order valence-electron chi connectivity index (χ3n) is 1.29. The largest absolute Gasteiger partial charge is 0.488 e. The third kappa shape index (κ3) is 0.360. The Morgan fingerprint density at radius 1 is 1.62 bits per heavy atom. The van der Waals surface area contributed by atoms with E-state index < -0.39 is 0 Å². The van der Waals surface area contributed by atoms with Gasteiger partial charge < -0.3 is 4.74 Å². The maximum Gasteiger partial charge on any atom is 0.127 e. The Morgan fingerprint density at radius 2 is 2.62 bits per heavy atom. The summed E-state index contributed by atoms with van der Waals surface area (Å²) in [4.78, 5) is 0. The smallest absolute Gasteiger partial charge is 0.127 e. The lowest BCUT2D eigenvalue weighted by Gasteiger charge is -2.18. The molecule has 1 aliphatic heterocycles. The molecule has 1 heterocycles. The summed E-state index contributed by atoms with van der Waals surface area (Å²) >= 11 is 0. The molecule has 0 saturated heterocycles. The second kappa shape index (κ2) is 1.25. The van der Waals surface area contributed by atoms with Crippen LogP contribution >= 0.6 is 0 Å². The van der Waals surface area contributed by atoms with Crippen molar-refractivity contribution in [2.45, 2.75) is 6.61 Å². The topological polar surface area (TPSA) is 9.23 Å². The van der Waals surface area contributed by atoms with Gasteiger partial charge in [-0.25, -0.2) is 0 Å². The van der Waals surface area contributed by atoms with E-state index in [2.05, 4.69) is 6.07 Å². The zero-order valence-corrected chi connectivity index (χ0v) is 4.35. The first kappa shape index (κ1) is 3.96. The molecule has 1 aromatic carbocycles. The Labute approximate surface area is 47.9 Å². The van der Waals surface area contributed by atoms with Crippen LogP contribution in [0.3, 0.4) is 0 Å². The van der Waals surface area contributed by atoms with Gasteiger partial charge in [0.25, 0.3) is 0 Å². The van der Waals surface area contributed by atoms with E-state index in [9.17, 15) is 0 Å². The van der Waals surface area contributed by atoms with Crippen molar-refractivity contribution in [3.05, 3.63) is 29.8 Å². The van der Waals surface area contributed by atoms with E-state index in [1.54, 1.807) is 0 Å². The van der Waals surface area contributed by atoms with Crippen molar-refractivity contribution in [2.24, 2.45) is 0 Å². The van der Waals surface area contributed by atoms with Gasteiger partial charge in [0.15, 0.2) is 0 Å². The summed E-state index contributed by atoms with van der Waals surface area (Å²) in [5, 5.41) is 0. The minimum Gasteiger partial charge on any atom is -0.488 e. The van der Waals surface area contributed by atoms with E-state index in [1.165, 1.54) is 5.56 Å². The molecule has 0 amide bonds. The van der Waals surface area contributed by atoms with Crippen molar-refractivity contribution in [2.75, 3.05) is 0 Å². The molecule has 0 N–H and O–H groups in total. The number of ether oxygens (including phenoxy) is 1. The fourth-order valence-corrected chi connectivity index (χ4v) is 0.776. The van der Waals surface area contributed by atoms with Crippen LogP contribution in [0.4, 0.5) is 0 Å². The summed E-state index contributed by atoms with van der Waals surface area (Å²) < 4.78 is 5.04. The van der Waals surface area contributed by atoms with Crippen LogP contribution < -0.4 is 4.74 Å². The molecule has 0 bridgehead atoms. The molecule has 1 aliphatic rings. The third-order valence-corrected chi connectivity index (χ3v) is 1.29. The number of hydrogen-bond donors (Lipinski definition) is 0. The molecule has 8 heavy (non-hydrogen) atoms. The predicted octanol–water partition coefficient (Wildman–Crippen LogP) is 1.38. The van der Waals surface area contributed by atoms with Crippen LogP contribution in [0.1, 0.15) is 5.56 Å². The zero-order valence-electron chi connectivity index (χ0n) is 4.35. The lowest BCUT2D eigenvalue weighted by molar-refractivity contribution is 0.243. The van der Waals surface area contributed by atoms with Gasteiger partial charge in [-0.15, -0.1) is 0 Å². The molecular weight excluding hydrogens is 100 g/mol. The Kier molecular flexibility index (Phi) is 0.618. The van der Waals surface area contributed by atoms with Crippen molar-refractivity contribution >= 4 is 0 Å². The summed E-state index contributed by atoms with van der Waals surface area (Å²) in [6.45, 7) is 0.782. The molecule has 0 aromatic heterocycles. The average Bonchev–Trinajstić information content (AvgIpc) is 1.72. The zero-order chi connectivity index (χ0) is 5.40. The molecule has 1 heteroatoms. The average molecular weight is 105 g/mol. The van der Waals surface area contributed by atoms with Crippen LogP contribution in [0.15, 0.2) is 18.2 Å². The van der Waals surface area contributed by atoms with Crippen molar-refractivity contribution in [1.29, 1.82) is 0 Å². The molecule has 1 radical (unpaired) electrons. The van der Waals surface area contributed by atoms with Crippen molar-refractivity contribution < 1.29 is 4.74 Å². The lowest BCUT2D eigenvalue weighted by atomic mass is 10.1. The standard InChI is InChI=1S/C7H5O/c1-2-4-7-6(3-1)5-8-7/h1,3-4H,5H2. The minimum atomic E-state index is 0.782. The molecule has 0 fully saturated rings. The minimum absolute atomic E-state index is 0.782. The number of fused-ring (bicyclic) bond motifs is 1. The molecule has 2 rings (SSSR count). The molecule has 1 aromatic rings. The molecule has 0 saturated carbocycles. The normalized spacial score (nSPS) is 13.5. The van der Waals surface area contributed by atoms with Crippen LogP contribution in [-0.2, 0) is 6.61 Å². The van der Waals surface area contributed by atoms with Gasteiger partial charge in [0.05, 0.1) is 0 Å². The molecular formula is C7H5O. The molecule has 39 valence electrons. The number of rotatable bonds is 0. The second-order valence-electron chi connectivity index (χ2n) is 1.82.